The fourth-order valence-corrected chi connectivity index (χ4v) is 3.39. The molecule has 0 spiro atoms. The number of hydrogen-bond acceptors (Lipinski definition) is 2. The minimum Gasteiger partial charge on any atom is -0.481 e. The van der Waals surface area contributed by atoms with Crippen LogP contribution in [0.15, 0.2) is 0 Å². The van der Waals surface area contributed by atoms with Crippen molar-refractivity contribution in [3.05, 3.63) is 0 Å². The lowest BCUT2D eigenvalue weighted by Gasteiger charge is -2.39. The van der Waals surface area contributed by atoms with Gasteiger partial charge in [-0.1, -0.05) is 26.7 Å². The van der Waals surface area contributed by atoms with Crippen molar-refractivity contribution in [1.82, 2.24) is 10.2 Å². The Hall–Kier alpha value is -1.26. The number of carbonyl (C=O) groups excluding carboxylic acids is 1. The minimum absolute atomic E-state index is 0.0765. The van der Waals surface area contributed by atoms with E-state index in [9.17, 15) is 14.7 Å². The molecule has 3 unspecified atom stereocenters. The summed E-state index contributed by atoms with van der Waals surface area (Å²) in [5.74, 6) is -0.140. The van der Waals surface area contributed by atoms with Gasteiger partial charge in [0, 0.05) is 19.1 Å². The van der Waals surface area contributed by atoms with Crippen LogP contribution in [0.4, 0.5) is 4.79 Å². The number of rotatable bonds is 5. The lowest BCUT2D eigenvalue weighted by molar-refractivity contribution is -0.152. The molecular weight excluding hydrogens is 256 g/mol. The number of amides is 2. The van der Waals surface area contributed by atoms with E-state index in [-0.39, 0.29) is 6.03 Å². The zero-order valence-corrected chi connectivity index (χ0v) is 12.5. The SMILES string of the molecule is CCCC1(C(=O)O)CCCN(C(=O)NC2CC2CC)C1. The molecule has 5 nitrogen and oxygen atoms in total. The smallest absolute Gasteiger partial charge is 0.317 e. The number of urea groups is 1. The molecule has 1 saturated heterocycles. The summed E-state index contributed by atoms with van der Waals surface area (Å²) >= 11 is 0. The van der Waals surface area contributed by atoms with Crippen molar-refractivity contribution in [2.75, 3.05) is 13.1 Å². The molecule has 114 valence electrons. The van der Waals surface area contributed by atoms with Crippen LogP contribution in [0.2, 0.25) is 0 Å². The summed E-state index contributed by atoms with van der Waals surface area (Å²) in [6.07, 6.45) is 5.10. The fourth-order valence-electron chi connectivity index (χ4n) is 3.39. The molecule has 1 aliphatic heterocycles. The second-order valence-corrected chi connectivity index (χ2v) is 6.32. The Morgan fingerprint density at radius 1 is 1.40 bits per heavy atom. The predicted molar refractivity (Wildman–Crippen MR) is 76.5 cm³/mol. The average Bonchev–Trinajstić information content (AvgIpc) is 3.17. The predicted octanol–water partition coefficient (Wildman–Crippen LogP) is 2.46. The first-order valence-corrected chi connectivity index (χ1v) is 7.81. The summed E-state index contributed by atoms with van der Waals surface area (Å²) in [6.45, 7) is 5.16. The van der Waals surface area contributed by atoms with Crippen molar-refractivity contribution in [3.63, 3.8) is 0 Å². The van der Waals surface area contributed by atoms with Crippen molar-refractivity contribution in [3.8, 4) is 0 Å². The number of nitrogens with one attached hydrogen (secondary N) is 1. The van der Waals surface area contributed by atoms with Gasteiger partial charge < -0.3 is 15.3 Å². The summed E-state index contributed by atoms with van der Waals surface area (Å²) in [4.78, 5) is 25.6. The van der Waals surface area contributed by atoms with Gasteiger partial charge in [-0.2, -0.15) is 0 Å². The highest BCUT2D eigenvalue weighted by atomic mass is 16.4. The van der Waals surface area contributed by atoms with Crippen LogP contribution in [0.25, 0.3) is 0 Å². The van der Waals surface area contributed by atoms with E-state index < -0.39 is 11.4 Å². The molecule has 2 fully saturated rings. The van der Waals surface area contributed by atoms with E-state index in [1.807, 2.05) is 6.92 Å². The third-order valence-electron chi connectivity index (χ3n) is 4.80. The number of piperidine rings is 1. The number of carboxylic acid groups (broad SMARTS) is 1. The molecule has 2 N–H and O–H groups in total. The molecule has 2 rings (SSSR count). The minimum atomic E-state index is -0.755. The molecule has 1 heterocycles. The molecule has 0 aromatic heterocycles. The standard InChI is InChI=1S/C15H26N2O3/c1-3-6-15(13(18)19)7-5-8-17(10-15)14(20)16-12-9-11(12)4-2/h11-12H,3-10H2,1-2H3,(H,16,20)(H,18,19). The lowest BCUT2D eigenvalue weighted by Crippen LogP contribution is -2.53. The lowest BCUT2D eigenvalue weighted by atomic mass is 9.76. The van der Waals surface area contributed by atoms with Crippen molar-refractivity contribution in [1.29, 1.82) is 0 Å². The number of carboxylic acids is 1. The zero-order chi connectivity index (χ0) is 14.8. The maximum Gasteiger partial charge on any atom is 0.317 e. The van der Waals surface area contributed by atoms with E-state index in [1.54, 1.807) is 4.90 Å². The molecule has 0 bridgehead atoms. The molecule has 0 aromatic carbocycles. The van der Waals surface area contributed by atoms with Gasteiger partial charge in [0.05, 0.1) is 5.41 Å². The molecule has 0 radical (unpaired) electrons. The van der Waals surface area contributed by atoms with E-state index in [4.69, 9.17) is 0 Å². The van der Waals surface area contributed by atoms with Gasteiger partial charge in [-0.3, -0.25) is 4.79 Å². The summed E-state index contributed by atoms with van der Waals surface area (Å²) < 4.78 is 0. The Balaban J connectivity index is 1.95. The maximum absolute atomic E-state index is 12.2. The molecule has 5 heteroatoms. The molecule has 2 amide bonds. The highest BCUT2D eigenvalue weighted by Crippen LogP contribution is 2.36. The molecule has 20 heavy (non-hydrogen) atoms. The summed E-state index contributed by atoms with van der Waals surface area (Å²) in [6, 6.07) is 0.229. The second-order valence-electron chi connectivity index (χ2n) is 6.32. The number of aliphatic carboxylic acids is 1. The first kappa shape index (κ1) is 15.1. The summed E-state index contributed by atoms with van der Waals surface area (Å²) in [5.41, 5.74) is -0.738. The number of hydrogen-bond donors (Lipinski definition) is 2. The average molecular weight is 282 g/mol. The van der Waals surface area contributed by atoms with Crippen molar-refractivity contribution < 1.29 is 14.7 Å². The highest BCUT2D eigenvalue weighted by Gasteiger charge is 2.44. The van der Waals surface area contributed by atoms with Gasteiger partial charge in [-0.25, -0.2) is 4.79 Å². The fraction of sp³-hybridized carbons (Fsp3) is 0.867. The van der Waals surface area contributed by atoms with E-state index in [1.165, 1.54) is 0 Å². The maximum atomic E-state index is 12.2. The van der Waals surface area contributed by atoms with E-state index in [0.29, 0.717) is 37.9 Å². The highest BCUT2D eigenvalue weighted by molar-refractivity contribution is 5.79. The third kappa shape index (κ3) is 3.07. The normalized spacial score (nSPS) is 32.8. The number of nitrogens with zero attached hydrogens (tertiary/aromatic N) is 1. The first-order valence-electron chi connectivity index (χ1n) is 7.81. The number of likely N-dealkylation sites (tertiary alicyclic amines) is 1. The van der Waals surface area contributed by atoms with Gasteiger partial charge in [0.15, 0.2) is 0 Å². The van der Waals surface area contributed by atoms with E-state index in [2.05, 4.69) is 12.2 Å². The van der Waals surface area contributed by atoms with Crippen molar-refractivity contribution >= 4 is 12.0 Å². The van der Waals surface area contributed by atoms with Crippen molar-refractivity contribution in [2.45, 2.75) is 58.4 Å². The van der Waals surface area contributed by atoms with Crippen molar-refractivity contribution in [2.24, 2.45) is 11.3 Å². The van der Waals surface area contributed by atoms with Crippen LogP contribution in [0, 0.1) is 11.3 Å². The van der Waals surface area contributed by atoms with Gasteiger partial charge in [-0.05, 0) is 31.6 Å². The summed E-state index contributed by atoms with van der Waals surface area (Å²) in [7, 11) is 0. The Bertz CT molecular complexity index is 381. The Morgan fingerprint density at radius 3 is 2.70 bits per heavy atom. The third-order valence-corrected chi connectivity index (χ3v) is 4.80. The van der Waals surface area contributed by atoms with E-state index in [0.717, 1.165) is 25.7 Å². The monoisotopic (exact) mass is 282 g/mol. The molecular formula is C15H26N2O3. The Labute approximate surface area is 120 Å². The van der Waals surface area contributed by atoms with Crippen LogP contribution in [0.3, 0.4) is 0 Å². The molecule has 1 saturated carbocycles. The van der Waals surface area contributed by atoms with Gasteiger partial charge in [0.25, 0.3) is 0 Å². The number of carbonyl (C=O) groups is 2. The van der Waals surface area contributed by atoms with Gasteiger partial charge in [0.2, 0.25) is 0 Å². The largest absolute Gasteiger partial charge is 0.481 e. The van der Waals surface area contributed by atoms with Crippen LogP contribution in [-0.2, 0) is 4.79 Å². The first-order chi connectivity index (χ1) is 9.52. The van der Waals surface area contributed by atoms with E-state index >= 15 is 0 Å². The quantitative estimate of drug-likeness (QED) is 0.813. The zero-order valence-electron chi connectivity index (χ0n) is 12.5. The van der Waals surface area contributed by atoms with Crippen LogP contribution in [-0.4, -0.2) is 41.1 Å². The van der Waals surface area contributed by atoms with Gasteiger partial charge in [0.1, 0.15) is 0 Å². The second kappa shape index (κ2) is 6.02. The molecule has 0 aromatic rings. The molecule has 1 aliphatic carbocycles. The van der Waals surface area contributed by atoms with Crippen LogP contribution in [0.1, 0.15) is 52.4 Å². The summed E-state index contributed by atoms with van der Waals surface area (Å²) in [5, 5.41) is 12.6. The Kier molecular flexibility index (Phi) is 4.55. The van der Waals surface area contributed by atoms with Crippen LogP contribution in [0.5, 0.6) is 0 Å². The van der Waals surface area contributed by atoms with Crippen LogP contribution < -0.4 is 5.32 Å². The van der Waals surface area contributed by atoms with Gasteiger partial charge >= 0.3 is 12.0 Å². The molecule has 3 atom stereocenters. The Morgan fingerprint density at radius 2 is 2.15 bits per heavy atom. The van der Waals surface area contributed by atoms with Gasteiger partial charge in [-0.15, -0.1) is 0 Å². The topological polar surface area (TPSA) is 69.6 Å². The molecule has 2 aliphatic rings. The van der Waals surface area contributed by atoms with Crippen LogP contribution >= 0.6 is 0 Å².